The maximum absolute atomic E-state index is 12.5. The molecule has 3 rings (SSSR count). The lowest BCUT2D eigenvalue weighted by Gasteiger charge is -2.28. The number of benzene rings is 2. The molecular weight excluding hydrogens is 388 g/mol. The average Bonchev–Trinajstić information content (AvgIpc) is 2.75. The van der Waals surface area contributed by atoms with Crippen molar-refractivity contribution in [2.45, 2.75) is 24.8 Å². The van der Waals surface area contributed by atoms with Gasteiger partial charge in [-0.2, -0.15) is 0 Å². The van der Waals surface area contributed by atoms with Gasteiger partial charge < -0.3 is 19.7 Å². The fraction of sp³-hybridized carbons (Fsp3) is 0.364. The number of ether oxygens (including phenoxy) is 2. The van der Waals surface area contributed by atoms with E-state index in [0.29, 0.717) is 11.3 Å². The van der Waals surface area contributed by atoms with Crippen molar-refractivity contribution < 1.29 is 19.1 Å². The summed E-state index contributed by atoms with van der Waals surface area (Å²) in [5.74, 6) is -0.00852. The van der Waals surface area contributed by atoms with Crippen molar-refractivity contribution in [1.82, 2.24) is 0 Å². The monoisotopic (exact) mass is 414 g/mol. The molecular formula is C22H26N2O4S. The van der Waals surface area contributed by atoms with Gasteiger partial charge in [0.1, 0.15) is 0 Å². The summed E-state index contributed by atoms with van der Waals surface area (Å²) < 4.78 is 10.8. The van der Waals surface area contributed by atoms with Crippen LogP contribution in [-0.2, 0) is 14.3 Å². The number of hydrogen-bond donors (Lipinski definition) is 1. The molecule has 1 fully saturated rings. The van der Waals surface area contributed by atoms with Crippen LogP contribution in [0.4, 0.5) is 11.4 Å². The van der Waals surface area contributed by atoms with Crippen LogP contribution in [0.15, 0.2) is 53.4 Å². The third kappa shape index (κ3) is 5.74. The topological polar surface area (TPSA) is 67.9 Å². The van der Waals surface area contributed by atoms with E-state index >= 15 is 0 Å². The molecule has 2 aromatic carbocycles. The van der Waals surface area contributed by atoms with E-state index in [4.69, 9.17) is 9.47 Å². The lowest BCUT2D eigenvalue weighted by atomic mass is 10.2. The van der Waals surface area contributed by atoms with Crippen molar-refractivity contribution in [3.63, 3.8) is 0 Å². The van der Waals surface area contributed by atoms with Gasteiger partial charge in [-0.1, -0.05) is 19.1 Å². The van der Waals surface area contributed by atoms with Crippen molar-refractivity contribution >= 4 is 35.0 Å². The Morgan fingerprint density at radius 2 is 1.83 bits per heavy atom. The van der Waals surface area contributed by atoms with Crippen LogP contribution in [-0.4, -0.2) is 50.0 Å². The van der Waals surface area contributed by atoms with Gasteiger partial charge in [-0.3, -0.25) is 4.79 Å². The second-order valence-electron chi connectivity index (χ2n) is 6.61. The van der Waals surface area contributed by atoms with E-state index in [1.165, 1.54) is 0 Å². The van der Waals surface area contributed by atoms with Gasteiger partial charge in [0.05, 0.1) is 18.8 Å². The minimum Gasteiger partial charge on any atom is -0.449 e. The number of esters is 1. The Morgan fingerprint density at radius 1 is 1.14 bits per heavy atom. The van der Waals surface area contributed by atoms with Gasteiger partial charge in [0.2, 0.25) is 0 Å². The maximum Gasteiger partial charge on any atom is 0.340 e. The molecule has 1 atom stereocenters. The summed E-state index contributed by atoms with van der Waals surface area (Å²) in [4.78, 5) is 28.0. The molecule has 1 N–H and O–H groups in total. The van der Waals surface area contributed by atoms with Crippen molar-refractivity contribution in [2.75, 3.05) is 42.3 Å². The summed E-state index contributed by atoms with van der Waals surface area (Å²) in [6.45, 7) is 6.76. The molecule has 7 heteroatoms. The van der Waals surface area contributed by atoms with E-state index in [9.17, 15) is 9.59 Å². The van der Waals surface area contributed by atoms with E-state index in [2.05, 4.69) is 10.2 Å². The third-order valence-electron chi connectivity index (χ3n) is 4.57. The van der Waals surface area contributed by atoms with Gasteiger partial charge in [0.25, 0.3) is 5.91 Å². The average molecular weight is 415 g/mol. The molecule has 2 aromatic rings. The first-order valence-corrected chi connectivity index (χ1v) is 10.7. The predicted molar refractivity (Wildman–Crippen MR) is 116 cm³/mol. The summed E-state index contributed by atoms with van der Waals surface area (Å²) in [6, 6.07) is 14.9. The zero-order valence-corrected chi connectivity index (χ0v) is 17.5. The van der Waals surface area contributed by atoms with Crippen LogP contribution in [0, 0.1) is 0 Å². The van der Waals surface area contributed by atoms with Gasteiger partial charge >= 0.3 is 5.97 Å². The minimum absolute atomic E-state index is 0.363. The molecule has 0 spiro atoms. The van der Waals surface area contributed by atoms with Crippen LogP contribution in [0.2, 0.25) is 0 Å². The normalized spacial score (nSPS) is 14.9. The van der Waals surface area contributed by atoms with Crippen LogP contribution < -0.4 is 10.2 Å². The molecule has 6 nitrogen and oxygen atoms in total. The molecule has 1 aliphatic heterocycles. The van der Waals surface area contributed by atoms with Gasteiger partial charge in [-0.05, 0) is 49.1 Å². The smallest absolute Gasteiger partial charge is 0.340 e. The molecule has 1 saturated heterocycles. The lowest BCUT2D eigenvalue weighted by molar-refractivity contribution is -0.123. The molecule has 1 amide bonds. The van der Waals surface area contributed by atoms with E-state index in [1.807, 2.05) is 43.3 Å². The predicted octanol–water partition coefficient (Wildman–Crippen LogP) is 3.82. The van der Waals surface area contributed by atoms with Gasteiger partial charge in [-0.15, -0.1) is 11.8 Å². The number of anilines is 2. The highest BCUT2D eigenvalue weighted by atomic mass is 32.2. The Morgan fingerprint density at radius 3 is 2.52 bits per heavy atom. The van der Waals surface area contributed by atoms with E-state index in [-0.39, 0.29) is 5.91 Å². The summed E-state index contributed by atoms with van der Waals surface area (Å²) in [5, 5.41) is 2.80. The number of nitrogens with zero attached hydrogens (tertiary/aromatic N) is 1. The fourth-order valence-electron chi connectivity index (χ4n) is 3.02. The minimum atomic E-state index is -0.902. The Hall–Kier alpha value is -2.51. The summed E-state index contributed by atoms with van der Waals surface area (Å²) in [7, 11) is 0. The summed E-state index contributed by atoms with van der Waals surface area (Å²) in [5.41, 5.74) is 2.24. The molecule has 0 bridgehead atoms. The molecule has 0 aromatic heterocycles. The third-order valence-corrected chi connectivity index (χ3v) is 5.53. The summed E-state index contributed by atoms with van der Waals surface area (Å²) >= 11 is 1.57. The number of thioether (sulfide) groups is 1. The molecule has 1 aliphatic rings. The zero-order chi connectivity index (χ0) is 20.6. The van der Waals surface area contributed by atoms with Crippen molar-refractivity contribution in [3.05, 3.63) is 54.1 Å². The van der Waals surface area contributed by atoms with Crippen LogP contribution in [0.25, 0.3) is 0 Å². The molecule has 29 heavy (non-hydrogen) atoms. The number of hydrogen-bond acceptors (Lipinski definition) is 6. The zero-order valence-electron chi connectivity index (χ0n) is 16.7. The Bertz CT molecular complexity index is 835. The molecule has 0 radical (unpaired) electrons. The molecule has 1 heterocycles. The van der Waals surface area contributed by atoms with Gasteiger partial charge in [0.15, 0.2) is 6.10 Å². The highest BCUT2D eigenvalue weighted by Gasteiger charge is 2.21. The summed E-state index contributed by atoms with van der Waals surface area (Å²) in [6.07, 6.45) is -0.902. The fourth-order valence-corrected chi connectivity index (χ4v) is 3.81. The Kier molecular flexibility index (Phi) is 7.55. The van der Waals surface area contributed by atoms with E-state index in [1.54, 1.807) is 30.8 Å². The highest BCUT2D eigenvalue weighted by molar-refractivity contribution is 7.99. The largest absolute Gasteiger partial charge is 0.449 e. The SMILES string of the molecule is CCSc1ccccc1C(=O)O[C@@H](C)C(=O)Nc1ccc(N2CCOCC2)cc1. The lowest BCUT2D eigenvalue weighted by Crippen LogP contribution is -2.36. The second-order valence-corrected chi connectivity index (χ2v) is 7.92. The Labute approximate surface area is 175 Å². The first-order chi connectivity index (χ1) is 14.1. The number of carbonyl (C=O) groups excluding carboxylic acids is 2. The van der Waals surface area contributed by atoms with Crippen molar-refractivity contribution in [2.24, 2.45) is 0 Å². The molecule has 0 unspecified atom stereocenters. The number of carbonyl (C=O) groups is 2. The number of amides is 1. The van der Waals surface area contributed by atoms with Gasteiger partial charge in [-0.25, -0.2) is 4.79 Å². The standard InChI is InChI=1S/C22H26N2O4S/c1-3-29-20-7-5-4-6-19(20)22(26)28-16(2)21(25)23-17-8-10-18(11-9-17)24-12-14-27-15-13-24/h4-11,16H,3,12-15H2,1-2H3,(H,23,25)/t16-/m0/s1. The van der Waals surface area contributed by atoms with E-state index in [0.717, 1.165) is 42.6 Å². The molecule has 154 valence electrons. The van der Waals surface area contributed by atoms with Crippen LogP contribution in [0.1, 0.15) is 24.2 Å². The van der Waals surface area contributed by atoms with Crippen molar-refractivity contribution in [3.8, 4) is 0 Å². The molecule has 0 aliphatic carbocycles. The number of nitrogens with one attached hydrogen (secondary N) is 1. The van der Waals surface area contributed by atoms with Crippen LogP contribution in [0.5, 0.6) is 0 Å². The van der Waals surface area contributed by atoms with Gasteiger partial charge in [0, 0.05) is 29.4 Å². The van der Waals surface area contributed by atoms with E-state index < -0.39 is 12.1 Å². The van der Waals surface area contributed by atoms with Crippen LogP contribution in [0.3, 0.4) is 0 Å². The number of morpholine rings is 1. The first-order valence-electron chi connectivity index (χ1n) is 9.75. The Balaban J connectivity index is 1.57. The first kappa shape index (κ1) is 21.2. The second kappa shape index (κ2) is 10.3. The highest BCUT2D eigenvalue weighted by Crippen LogP contribution is 2.23. The number of rotatable bonds is 7. The van der Waals surface area contributed by atoms with Crippen molar-refractivity contribution in [1.29, 1.82) is 0 Å². The molecule has 0 saturated carbocycles. The quantitative estimate of drug-likeness (QED) is 0.549. The van der Waals surface area contributed by atoms with Crippen LogP contribution >= 0.6 is 11.8 Å². The maximum atomic E-state index is 12.5.